The number of hydrogen-bond acceptors (Lipinski definition) is 9. The van der Waals surface area contributed by atoms with Crippen molar-refractivity contribution < 1.29 is 45.0 Å². The van der Waals surface area contributed by atoms with Crippen LogP contribution in [0.1, 0.15) is 73.1 Å². The maximum absolute atomic E-state index is 13.3. The van der Waals surface area contributed by atoms with Gasteiger partial charge in [0, 0.05) is 17.4 Å². The van der Waals surface area contributed by atoms with E-state index in [0.717, 1.165) is 5.57 Å². The van der Waals surface area contributed by atoms with Crippen LogP contribution >= 0.6 is 0 Å². The normalized spacial score (nSPS) is 53.2. The van der Waals surface area contributed by atoms with E-state index in [1.165, 1.54) is 19.1 Å². The van der Waals surface area contributed by atoms with Crippen LogP contribution in [-0.4, -0.2) is 83.1 Å². The Labute approximate surface area is 216 Å². The molecule has 0 amide bonds. The second kappa shape index (κ2) is 7.73. The molecule has 3 saturated carbocycles. The zero-order valence-corrected chi connectivity index (χ0v) is 22.2. The summed E-state index contributed by atoms with van der Waals surface area (Å²) in [5.41, 5.74) is -9.08. The first kappa shape index (κ1) is 27.0. The molecule has 0 saturated heterocycles. The van der Waals surface area contributed by atoms with Crippen LogP contribution in [0.25, 0.3) is 0 Å². The molecule has 206 valence electrons. The Morgan fingerprint density at radius 2 is 1.68 bits per heavy atom. The quantitative estimate of drug-likeness (QED) is 0.287. The lowest BCUT2D eigenvalue weighted by Gasteiger charge is -2.67. The van der Waals surface area contributed by atoms with Crippen LogP contribution in [0.3, 0.4) is 0 Å². The van der Waals surface area contributed by atoms with Gasteiger partial charge in [-0.15, -0.1) is 0 Å². The topological polar surface area (TPSA) is 165 Å². The number of allylic oxidation sites excluding steroid dienone is 1. The van der Waals surface area contributed by atoms with Crippen LogP contribution in [0.15, 0.2) is 23.3 Å². The number of hydrogen-bond donors (Lipinski definition) is 6. The molecule has 0 aromatic rings. The summed E-state index contributed by atoms with van der Waals surface area (Å²) < 4.78 is 5.58. The van der Waals surface area contributed by atoms with Gasteiger partial charge in [0.2, 0.25) is 0 Å². The Hall–Kier alpha value is -1.62. The number of rotatable bonds is 2. The molecule has 0 aromatic carbocycles. The summed E-state index contributed by atoms with van der Waals surface area (Å²) in [6, 6.07) is 0. The second-order valence-electron chi connectivity index (χ2n) is 13.0. The van der Waals surface area contributed by atoms with Crippen molar-refractivity contribution >= 4 is 11.8 Å². The molecule has 5 aliphatic rings. The predicted octanol–water partition coefficient (Wildman–Crippen LogP) is 0.680. The van der Waals surface area contributed by atoms with Crippen molar-refractivity contribution in [2.75, 3.05) is 0 Å². The van der Waals surface area contributed by atoms with Crippen LogP contribution in [0.5, 0.6) is 0 Å². The van der Waals surface area contributed by atoms with Crippen molar-refractivity contribution in [2.45, 2.75) is 114 Å². The zero-order chi connectivity index (χ0) is 27.6. The molecule has 3 fully saturated rings. The number of esters is 1. The minimum Gasteiger partial charge on any atom is -0.455 e. The average Bonchev–Trinajstić information content (AvgIpc) is 3.06. The number of cyclic esters (lactones) is 1. The van der Waals surface area contributed by atoms with Crippen molar-refractivity contribution in [3.05, 3.63) is 23.3 Å². The number of carbonyl (C=O) groups is 2. The Balaban J connectivity index is 1.56. The van der Waals surface area contributed by atoms with Crippen molar-refractivity contribution in [1.29, 1.82) is 0 Å². The monoisotopic (exact) mass is 520 g/mol. The largest absolute Gasteiger partial charge is 0.455 e. The van der Waals surface area contributed by atoms with E-state index in [4.69, 9.17) is 4.74 Å². The Kier molecular flexibility index (Phi) is 5.64. The lowest BCUT2D eigenvalue weighted by Crippen LogP contribution is -2.77. The number of fused-ring (bicyclic) bond motifs is 5. The minimum absolute atomic E-state index is 0.0135. The highest BCUT2D eigenvalue weighted by Gasteiger charge is 2.79. The van der Waals surface area contributed by atoms with E-state index in [1.54, 1.807) is 27.7 Å². The molecule has 0 radical (unpaired) electrons. The van der Waals surface area contributed by atoms with Crippen LogP contribution in [0.2, 0.25) is 0 Å². The van der Waals surface area contributed by atoms with Crippen molar-refractivity contribution in [1.82, 2.24) is 0 Å². The summed E-state index contributed by atoms with van der Waals surface area (Å²) in [6.07, 6.45) is -0.766. The van der Waals surface area contributed by atoms with Crippen LogP contribution in [0, 0.1) is 22.7 Å². The molecular weight excluding hydrogens is 480 g/mol. The zero-order valence-electron chi connectivity index (χ0n) is 22.2. The molecule has 4 aliphatic carbocycles. The number of ketones is 1. The van der Waals surface area contributed by atoms with E-state index < -0.39 is 75.1 Å². The van der Waals surface area contributed by atoms with Gasteiger partial charge in [-0.2, -0.15) is 0 Å². The van der Waals surface area contributed by atoms with E-state index in [1.807, 2.05) is 0 Å². The highest BCUT2D eigenvalue weighted by Crippen LogP contribution is 2.71. The third kappa shape index (κ3) is 2.85. The first-order valence-electron chi connectivity index (χ1n) is 13.3. The first-order valence-corrected chi connectivity index (χ1v) is 13.3. The molecular formula is C28H40O9. The molecule has 9 heteroatoms. The van der Waals surface area contributed by atoms with Gasteiger partial charge < -0.3 is 35.4 Å². The third-order valence-electron chi connectivity index (χ3n) is 11.9. The van der Waals surface area contributed by atoms with Crippen molar-refractivity contribution in [3.63, 3.8) is 0 Å². The van der Waals surface area contributed by atoms with E-state index in [0.29, 0.717) is 12.0 Å². The van der Waals surface area contributed by atoms with Gasteiger partial charge in [-0.3, -0.25) is 4.79 Å². The summed E-state index contributed by atoms with van der Waals surface area (Å²) in [7, 11) is 0. The second-order valence-corrected chi connectivity index (χ2v) is 13.0. The molecule has 6 N–H and O–H groups in total. The van der Waals surface area contributed by atoms with E-state index in [2.05, 4.69) is 0 Å². The fraction of sp³-hybridized carbons (Fsp3) is 0.786. The molecule has 5 rings (SSSR count). The van der Waals surface area contributed by atoms with Gasteiger partial charge >= 0.3 is 5.97 Å². The lowest BCUT2D eigenvalue weighted by atomic mass is 9.40. The SMILES string of the molecule is CC1=C(C)C(=O)O[C@@H]([C@@](C)(O)[C@]2(O)CC[C@@]3(O)[C@@H]4C[C@H](O)[C@]5(O)[C@@H](O)C=CC(=O)[C@]5(C)[C@H]4CC[C@]23C)C1. The Morgan fingerprint density at radius 1 is 1.03 bits per heavy atom. The van der Waals surface area contributed by atoms with E-state index >= 15 is 0 Å². The van der Waals surface area contributed by atoms with Gasteiger partial charge in [-0.05, 0) is 83.8 Å². The lowest BCUT2D eigenvalue weighted by molar-refractivity contribution is -0.308. The van der Waals surface area contributed by atoms with Crippen LogP contribution in [-0.2, 0) is 14.3 Å². The Morgan fingerprint density at radius 3 is 2.30 bits per heavy atom. The van der Waals surface area contributed by atoms with Crippen molar-refractivity contribution in [2.24, 2.45) is 22.7 Å². The van der Waals surface area contributed by atoms with Crippen molar-refractivity contribution in [3.8, 4) is 0 Å². The summed E-state index contributed by atoms with van der Waals surface area (Å²) in [4.78, 5) is 25.7. The van der Waals surface area contributed by atoms with E-state index in [9.17, 15) is 40.2 Å². The summed E-state index contributed by atoms with van der Waals surface area (Å²) in [6.45, 7) is 8.16. The maximum atomic E-state index is 13.3. The fourth-order valence-corrected chi connectivity index (χ4v) is 9.03. The van der Waals surface area contributed by atoms with Gasteiger partial charge in [0.05, 0.1) is 17.1 Å². The van der Waals surface area contributed by atoms with Crippen LogP contribution in [0.4, 0.5) is 0 Å². The third-order valence-corrected chi connectivity index (χ3v) is 11.9. The first-order chi connectivity index (χ1) is 16.9. The van der Waals surface area contributed by atoms with Gasteiger partial charge in [0.25, 0.3) is 0 Å². The number of carbonyl (C=O) groups excluding carboxylic acids is 2. The van der Waals surface area contributed by atoms with Gasteiger partial charge in [0.1, 0.15) is 29.0 Å². The van der Waals surface area contributed by atoms with Gasteiger partial charge in [0.15, 0.2) is 5.78 Å². The fourth-order valence-electron chi connectivity index (χ4n) is 9.03. The minimum atomic E-state index is -2.11. The highest BCUT2D eigenvalue weighted by atomic mass is 16.6. The van der Waals surface area contributed by atoms with Gasteiger partial charge in [-0.1, -0.05) is 12.5 Å². The number of aliphatic hydroxyl groups excluding tert-OH is 2. The molecule has 0 spiro atoms. The van der Waals surface area contributed by atoms with E-state index in [-0.39, 0.29) is 32.1 Å². The van der Waals surface area contributed by atoms with Crippen LogP contribution < -0.4 is 0 Å². The summed E-state index contributed by atoms with van der Waals surface area (Å²) in [5, 5.41) is 70.0. The number of aliphatic hydroxyl groups is 6. The highest BCUT2D eigenvalue weighted by molar-refractivity contribution is 5.97. The summed E-state index contributed by atoms with van der Waals surface area (Å²) >= 11 is 0. The molecule has 11 atom stereocenters. The molecule has 0 bridgehead atoms. The maximum Gasteiger partial charge on any atom is 0.334 e. The summed E-state index contributed by atoms with van der Waals surface area (Å²) in [5.74, 6) is -2.26. The molecule has 9 nitrogen and oxygen atoms in total. The molecule has 1 aliphatic heterocycles. The number of ether oxygens (including phenoxy) is 1. The Bertz CT molecular complexity index is 1110. The predicted molar refractivity (Wildman–Crippen MR) is 131 cm³/mol. The smallest absolute Gasteiger partial charge is 0.334 e. The standard InChI is InChI=1S/C28H40O9/c1-14-12-21(37-22(32)15(14)2)25(5,33)27(35)11-10-26(34)17-13-20(31)28(36)19(30)7-6-18(29)24(28,4)16(17)8-9-23(26,27)3/h6-7,16-17,19-21,30-31,33-36H,8-13H2,1-5H3/t16-,17+,19-,20-,21+,23-,24-,25+,26+,27-,28+/m0/s1. The molecule has 37 heavy (non-hydrogen) atoms. The molecule has 1 heterocycles. The molecule has 0 aromatic heterocycles. The molecule has 0 unspecified atom stereocenters. The van der Waals surface area contributed by atoms with Gasteiger partial charge in [-0.25, -0.2) is 4.79 Å². The average molecular weight is 521 g/mol.